The van der Waals surface area contributed by atoms with E-state index < -0.39 is 0 Å². The molecule has 0 saturated heterocycles. The molecular weight excluding hydrogens is 260 g/mol. The van der Waals surface area contributed by atoms with Crippen LogP contribution in [0.5, 0.6) is 0 Å². The van der Waals surface area contributed by atoms with E-state index in [2.05, 4.69) is 78.3 Å². The molecular formula is C15H15Br. The molecule has 0 nitrogen and oxygen atoms in total. The largest absolute Gasteiger partial charge is 0.0786 e. The summed E-state index contributed by atoms with van der Waals surface area (Å²) in [5.74, 6) is 0. The summed E-state index contributed by atoms with van der Waals surface area (Å²) < 4.78 is 0. The quantitative estimate of drug-likeness (QED) is 0.691. The molecule has 1 atom stereocenters. The fraction of sp³-hybridized carbons (Fsp3) is 0.200. The zero-order chi connectivity index (χ0) is 11.5. The summed E-state index contributed by atoms with van der Waals surface area (Å²) in [4.78, 5) is 0.286. The minimum Gasteiger partial charge on any atom is -0.0786 e. The number of hydrogen-bond acceptors (Lipinski definition) is 0. The van der Waals surface area contributed by atoms with E-state index in [0.717, 1.165) is 0 Å². The van der Waals surface area contributed by atoms with Crippen molar-refractivity contribution in [3.05, 3.63) is 70.8 Å². The molecule has 0 saturated carbocycles. The molecule has 16 heavy (non-hydrogen) atoms. The van der Waals surface area contributed by atoms with Gasteiger partial charge in [0.2, 0.25) is 0 Å². The van der Waals surface area contributed by atoms with Crippen LogP contribution < -0.4 is 0 Å². The molecule has 2 rings (SSSR count). The lowest BCUT2D eigenvalue weighted by molar-refractivity contribution is 1.14. The predicted molar refractivity (Wildman–Crippen MR) is 73.1 cm³/mol. The van der Waals surface area contributed by atoms with E-state index in [4.69, 9.17) is 0 Å². The van der Waals surface area contributed by atoms with Gasteiger partial charge in [0.15, 0.2) is 0 Å². The molecule has 1 heteroatoms. The Morgan fingerprint density at radius 1 is 0.875 bits per heavy atom. The van der Waals surface area contributed by atoms with Gasteiger partial charge in [-0.2, -0.15) is 0 Å². The van der Waals surface area contributed by atoms with Gasteiger partial charge in [-0.25, -0.2) is 0 Å². The fourth-order valence-corrected chi connectivity index (χ4v) is 2.61. The third-order valence-electron chi connectivity index (χ3n) is 2.83. The van der Waals surface area contributed by atoms with E-state index in [-0.39, 0.29) is 4.83 Å². The van der Waals surface area contributed by atoms with E-state index in [1.807, 2.05) is 0 Å². The first kappa shape index (κ1) is 11.4. The van der Waals surface area contributed by atoms with Crippen LogP contribution in [0.1, 0.15) is 27.1 Å². The van der Waals surface area contributed by atoms with Crippen LogP contribution >= 0.6 is 15.9 Å². The molecule has 0 aliphatic heterocycles. The molecule has 0 radical (unpaired) electrons. The molecule has 0 N–H and O–H groups in total. The number of aryl methyl sites for hydroxylation is 2. The first-order valence-electron chi connectivity index (χ1n) is 5.44. The van der Waals surface area contributed by atoms with Gasteiger partial charge in [-0.05, 0) is 30.5 Å². The summed E-state index contributed by atoms with van der Waals surface area (Å²) in [5.41, 5.74) is 5.27. The van der Waals surface area contributed by atoms with Crippen molar-refractivity contribution < 1.29 is 0 Å². The highest BCUT2D eigenvalue weighted by Gasteiger charge is 2.11. The third kappa shape index (κ3) is 2.35. The molecule has 0 heterocycles. The lowest BCUT2D eigenvalue weighted by atomic mass is 10.00. The standard InChI is InChI=1S/C15H15Br/c1-11-7-9-13(10-8-11)15(16)14-6-4-3-5-12(14)2/h3-10,15H,1-2H3. The average Bonchev–Trinajstić information content (AvgIpc) is 2.30. The van der Waals surface area contributed by atoms with Gasteiger partial charge < -0.3 is 0 Å². The summed E-state index contributed by atoms with van der Waals surface area (Å²) in [6, 6.07) is 17.2. The second-order valence-corrected chi connectivity index (χ2v) is 5.05. The van der Waals surface area contributed by atoms with E-state index >= 15 is 0 Å². The zero-order valence-corrected chi connectivity index (χ0v) is 11.2. The van der Waals surface area contributed by atoms with Gasteiger partial charge in [0.25, 0.3) is 0 Å². The molecule has 0 bridgehead atoms. The van der Waals surface area contributed by atoms with E-state index in [9.17, 15) is 0 Å². The Morgan fingerprint density at radius 2 is 1.50 bits per heavy atom. The highest BCUT2D eigenvalue weighted by atomic mass is 79.9. The summed E-state index contributed by atoms with van der Waals surface area (Å²) >= 11 is 3.77. The molecule has 0 fully saturated rings. The second kappa shape index (κ2) is 4.84. The van der Waals surface area contributed by atoms with Gasteiger partial charge in [-0.1, -0.05) is 70.0 Å². The summed E-state index contributed by atoms with van der Waals surface area (Å²) in [6.07, 6.45) is 0. The highest BCUT2D eigenvalue weighted by molar-refractivity contribution is 9.09. The minimum atomic E-state index is 0.286. The van der Waals surface area contributed by atoms with Crippen molar-refractivity contribution in [2.75, 3.05) is 0 Å². The molecule has 0 aliphatic rings. The van der Waals surface area contributed by atoms with Gasteiger partial charge in [0.1, 0.15) is 0 Å². The van der Waals surface area contributed by atoms with Crippen molar-refractivity contribution in [3.63, 3.8) is 0 Å². The number of alkyl halides is 1. The summed E-state index contributed by atoms with van der Waals surface area (Å²) in [7, 11) is 0. The van der Waals surface area contributed by atoms with Crippen LogP contribution in [0.2, 0.25) is 0 Å². The van der Waals surface area contributed by atoms with Crippen LogP contribution in [0.4, 0.5) is 0 Å². The Kier molecular flexibility index (Phi) is 3.45. The Hall–Kier alpha value is -1.08. The molecule has 2 aromatic rings. The van der Waals surface area contributed by atoms with Crippen LogP contribution in [0.3, 0.4) is 0 Å². The van der Waals surface area contributed by atoms with E-state index in [1.54, 1.807) is 0 Å². The predicted octanol–water partition coefficient (Wildman–Crippen LogP) is 4.79. The zero-order valence-electron chi connectivity index (χ0n) is 9.57. The van der Waals surface area contributed by atoms with Crippen LogP contribution in [0, 0.1) is 13.8 Å². The molecule has 0 aliphatic carbocycles. The number of hydrogen-bond donors (Lipinski definition) is 0. The maximum atomic E-state index is 3.77. The molecule has 82 valence electrons. The normalized spacial score (nSPS) is 12.4. The first-order chi connectivity index (χ1) is 7.68. The Bertz CT molecular complexity index is 471. The number of benzene rings is 2. The minimum absolute atomic E-state index is 0.286. The Balaban J connectivity index is 2.35. The van der Waals surface area contributed by atoms with Crippen molar-refractivity contribution in [2.45, 2.75) is 18.7 Å². The monoisotopic (exact) mass is 274 g/mol. The third-order valence-corrected chi connectivity index (χ3v) is 3.85. The van der Waals surface area contributed by atoms with Crippen LogP contribution in [0.25, 0.3) is 0 Å². The smallest absolute Gasteiger partial charge is 0.0647 e. The van der Waals surface area contributed by atoms with Gasteiger partial charge in [0, 0.05) is 0 Å². The van der Waals surface area contributed by atoms with Gasteiger partial charge in [-0.3, -0.25) is 0 Å². The van der Waals surface area contributed by atoms with Crippen LogP contribution in [-0.4, -0.2) is 0 Å². The van der Waals surface area contributed by atoms with Crippen molar-refractivity contribution >= 4 is 15.9 Å². The number of halogens is 1. The van der Waals surface area contributed by atoms with Gasteiger partial charge in [0.05, 0.1) is 4.83 Å². The fourth-order valence-electron chi connectivity index (χ4n) is 1.79. The van der Waals surface area contributed by atoms with Crippen LogP contribution in [0.15, 0.2) is 48.5 Å². The maximum Gasteiger partial charge on any atom is 0.0647 e. The van der Waals surface area contributed by atoms with E-state index in [1.165, 1.54) is 22.3 Å². The van der Waals surface area contributed by atoms with Crippen molar-refractivity contribution in [1.82, 2.24) is 0 Å². The Morgan fingerprint density at radius 3 is 2.12 bits per heavy atom. The average molecular weight is 275 g/mol. The topological polar surface area (TPSA) is 0 Å². The summed E-state index contributed by atoms with van der Waals surface area (Å²) in [5, 5.41) is 0. The molecule has 2 aromatic carbocycles. The first-order valence-corrected chi connectivity index (χ1v) is 6.36. The van der Waals surface area contributed by atoms with E-state index in [0.29, 0.717) is 0 Å². The lowest BCUT2D eigenvalue weighted by Crippen LogP contribution is -1.95. The lowest BCUT2D eigenvalue weighted by Gasteiger charge is -2.13. The SMILES string of the molecule is Cc1ccc(C(Br)c2ccccc2C)cc1. The van der Waals surface area contributed by atoms with Crippen LogP contribution in [-0.2, 0) is 0 Å². The molecule has 1 unspecified atom stereocenters. The molecule has 0 amide bonds. The van der Waals surface area contributed by atoms with Crippen molar-refractivity contribution in [3.8, 4) is 0 Å². The molecule has 0 aromatic heterocycles. The van der Waals surface area contributed by atoms with Crippen molar-refractivity contribution in [2.24, 2.45) is 0 Å². The van der Waals surface area contributed by atoms with Gasteiger partial charge in [-0.15, -0.1) is 0 Å². The van der Waals surface area contributed by atoms with Crippen molar-refractivity contribution in [1.29, 1.82) is 0 Å². The molecule has 0 spiro atoms. The highest BCUT2D eigenvalue weighted by Crippen LogP contribution is 2.32. The second-order valence-electron chi connectivity index (χ2n) is 4.13. The maximum absolute atomic E-state index is 3.77. The Labute approximate surface area is 105 Å². The number of rotatable bonds is 2. The summed E-state index contributed by atoms with van der Waals surface area (Å²) in [6.45, 7) is 4.26. The van der Waals surface area contributed by atoms with Gasteiger partial charge >= 0.3 is 0 Å².